The molecule has 1 aliphatic carbocycles. The Labute approximate surface area is 201 Å². The van der Waals surface area contributed by atoms with Gasteiger partial charge in [-0.2, -0.15) is 0 Å². The molecule has 1 saturated carbocycles. The third-order valence-corrected chi connectivity index (χ3v) is 9.69. The smallest absolute Gasteiger partial charge is 0.255 e. The van der Waals surface area contributed by atoms with E-state index in [4.69, 9.17) is 0 Å². The van der Waals surface area contributed by atoms with Crippen LogP contribution in [0, 0.1) is 26.7 Å². The molecule has 2 fully saturated rings. The molecule has 0 bridgehead atoms. The van der Waals surface area contributed by atoms with E-state index in [0.717, 1.165) is 41.6 Å². The van der Waals surface area contributed by atoms with Crippen molar-refractivity contribution in [2.45, 2.75) is 84.7 Å². The van der Waals surface area contributed by atoms with Gasteiger partial charge < -0.3 is 14.8 Å². The van der Waals surface area contributed by atoms with Crippen LogP contribution >= 0.6 is 11.3 Å². The van der Waals surface area contributed by atoms with Crippen LogP contribution in [0.15, 0.2) is 10.9 Å². The van der Waals surface area contributed by atoms with Crippen molar-refractivity contribution in [3.63, 3.8) is 0 Å². The van der Waals surface area contributed by atoms with E-state index < -0.39 is 0 Å². The molecule has 33 heavy (non-hydrogen) atoms. The Balaban J connectivity index is 1.23. The number of carbonyl (C=O) groups is 1. The molecule has 6 heteroatoms. The molecular formula is C27H37N3O2S. The number of likely N-dealkylation sites (tertiary alicyclic amines) is 1. The molecule has 2 aromatic heterocycles. The number of amides is 1. The number of hydrogen-bond acceptors (Lipinski definition) is 4. The van der Waals surface area contributed by atoms with Gasteiger partial charge in [-0.05, 0) is 102 Å². The van der Waals surface area contributed by atoms with Gasteiger partial charge in [0, 0.05) is 40.0 Å². The van der Waals surface area contributed by atoms with Gasteiger partial charge in [-0.25, -0.2) is 0 Å². The predicted molar refractivity (Wildman–Crippen MR) is 134 cm³/mol. The summed E-state index contributed by atoms with van der Waals surface area (Å²) in [5, 5.41) is 0. The largest absolute Gasteiger partial charge is 0.334 e. The summed E-state index contributed by atoms with van der Waals surface area (Å²) in [6.07, 6.45) is 10.1. The highest BCUT2D eigenvalue weighted by Crippen LogP contribution is 2.37. The number of rotatable bonds is 6. The SMILES string of the molecule is Cc1cc(C)c(CN2CCc3sc(CCC4CCC(N5CCC5)CC4)c(C)c3C2=O)c(=O)[nH]1. The maximum Gasteiger partial charge on any atom is 0.255 e. The average molecular weight is 468 g/mol. The second-order valence-corrected chi connectivity index (χ2v) is 11.7. The van der Waals surface area contributed by atoms with Gasteiger partial charge >= 0.3 is 0 Å². The summed E-state index contributed by atoms with van der Waals surface area (Å²) in [5.74, 6) is 0.940. The number of nitrogens with zero attached hydrogens (tertiary/aromatic N) is 2. The van der Waals surface area contributed by atoms with Crippen molar-refractivity contribution in [2.24, 2.45) is 5.92 Å². The number of carbonyl (C=O) groups excluding carboxylic acids is 1. The van der Waals surface area contributed by atoms with Gasteiger partial charge in [0.15, 0.2) is 0 Å². The zero-order chi connectivity index (χ0) is 23.1. The van der Waals surface area contributed by atoms with Crippen LogP contribution in [-0.2, 0) is 19.4 Å². The van der Waals surface area contributed by atoms with E-state index in [-0.39, 0.29) is 11.5 Å². The molecule has 5 nitrogen and oxygen atoms in total. The third-order valence-electron chi connectivity index (χ3n) is 8.27. The molecule has 0 unspecified atom stereocenters. The lowest BCUT2D eigenvalue weighted by molar-refractivity contribution is 0.0727. The highest BCUT2D eigenvalue weighted by Gasteiger charge is 2.32. The van der Waals surface area contributed by atoms with Gasteiger partial charge in [0.25, 0.3) is 11.5 Å². The first-order valence-corrected chi connectivity index (χ1v) is 13.6. The Hall–Kier alpha value is -1.92. The van der Waals surface area contributed by atoms with Crippen molar-refractivity contribution in [3.8, 4) is 0 Å². The van der Waals surface area contributed by atoms with Gasteiger partial charge in [-0.15, -0.1) is 11.3 Å². The Kier molecular flexibility index (Phi) is 6.49. The number of aryl methyl sites for hydroxylation is 3. The molecule has 0 spiro atoms. The summed E-state index contributed by atoms with van der Waals surface area (Å²) < 4.78 is 0. The van der Waals surface area contributed by atoms with Crippen LogP contribution in [0.1, 0.15) is 81.0 Å². The first-order chi connectivity index (χ1) is 15.9. The Morgan fingerprint density at radius 1 is 1.06 bits per heavy atom. The Morgan fingerprint density at radius 3 is 2.48 bits per heavy atom. The van der Waals surface area contributed by atoms with Crippen LogP contribution < -0.4 is 5.56 Å². The van der Waals surface area contributed by atoms with Crippen LogP contribution in [0.25, 0.3) is 0 Å². The summed E-state index contributed by atoms with van der Waals surface area (Å²) in [4.78, 5) is 36.0. The first-order valence-electron chi connectivity index (χ1n) is 12.7. The minimum absolute atomic E-state index is 0.0716. The highest BCUT2D eigenvalue weighted by atomic mass is 32.1. The molecule has 1 amide bonds. The maximum atomic E-state index is 13.4. The summed E-state index contributed by atoms with van der Waals surface area (Å²) in [6.45, 7) is 9.71. The molecule has 0 aromatic carbocycles. The second-order valence-electron chi connectivity index (χ2n) is 10.5. The number of aromatic nitrogens is 1. The number of aromatic amines is 1. The van der Waals surface area contributed by atoms with E-state index in [0.29, 0.717) is 18.7 Å². The monoisotopic (exact) mass is 467 g/mol. The van der Waals surface area contributed by atoms with E-state index >= 15 is 0 Å². The molecule has 0 atom stereocenters. The lowest BCUT2D eigenvalue weighted by Gasteiger charge is -2.42. The minimum Gasteiger partial charge on any atom is -0.334 e. The van der Waals surface area contributed by atoms with E-state index in [2.05, 4.69) is 16.8 Å². The fourth-order valence-electron chi connectivity index (χ4n) is 6.07. The van der Waals surface area contributed by atoms with E-state index in [1.54, 1.807) is 0 Å². The molecule has 4 heterocycles. The van der Waals surface area contributed by atoms with Crippen molar-refractivity contribution >= 4 is 17.2 Å². The Morgan fingerprint density at radius 2 is 1.82 bits per heavy atom. The van der Waals surface area contributed by atoms with Crippen molar-refractivity contribution in [3.05, 3.63) is 54.1 Å². The first kappa shape index (κ1) is 22.9. The topological polar surface area (TPSA) is 56.4 Å². The molecule has 2 aliphatic heterocycles. The maximum absolute atomic E-state index is 13.4. The van der Waals surface area contributed by atoms with E-state index in [1.165, 1.54) is 66.9 Å². The normalized spacial score (nSPS) is 23.5. The number of fused-ring (bicyclic) bond motifs is 1. The van der Waals surface area contributed by atoms with Gasteiger partial charge in [0.05, 0.1) is 12.1 Å². The third kappa shape index (κ3) is 4.57. The number of nitrogens with one attached hydrogen (secondary N) is 1. The van der Waals surface area contributed by atoms with Gasteiger partial charge in [0.2, 0.25) is 0 Å². The molecule has 2 aromatic rings. The van der Waals surface area contributed by atoms with Crippen molar-refractivity contribution in [1.82, 2.24) is 14.8 Å². The van der Waals surface area contributed by atoms with Crippen molar-refractivity contribution in [2.75, 3.05) is 19.6 Å². The van der Waals surface area contributed by atoms with Gasteiger partial charge in [0.1, 0.15) is 0 Å². The highest BCUT2D eigenvalue weighted by molar-refractivity contribution is 7.12. The molecule has 5 rings (SSSR count). The molecule has 178 valence electrons. The lowest BCUT2D eigenvalue weighted by Crippen LogP contribution is -2.46. The molecule has 1 saturated heterocycles. The van der Waals surface area contributed by atoms with Crippen molar-refractivity contribution in [1.29, 1.82) is 0 Å². The second kappa shape index (κ2) is 9.38. The van der Waals surface area contributed by atoms with Crippen LogP contribution in [0.5, 0.6) is 0 Å². The summed E-state index contributed by atoms with van der Waals surface area (Å²) in [6, 6.07) is 2.83. The molecular weight excluding hydrogens is 430 g/mol. The van der Waals surface area contributed by atoms with Gasteiger partial charge in [-0.3, -0.25) is 9.59 Å². The number of pyridine rings is 1. The standard InChI is InChI=1S/C27H37N3O2S/c1-17-15-18(2)28-26(31)22(17)16-30-14-11-24-25(27(30)32)19(3)23(33-24)10-7-20-5-8-21(9-6-20)29-12-4-13-29/h15,20-21H,4-14,16H2,1-3H3,(H,28,31). The molecule has 3 aliphatic rings. The van der Waals surface area contributed by atoms with Crippen LogP contribution in [0.3, 0.4) is 0 Å². The fourth-order valence-corrected chi connectivity index (χ4v) is 7.38. The van der Waals surface area contributed by atoms with Crippen LogP contribution in [0.4, 0.5) is 0 Å². The number of thiophene rings is 1. The molecule has 1 N–H and O–H groups in total. The van der Waals surface area contributed by atoms with Crippen molar-refractivity contribution < 1.29 is 4.79 Å². The summed E-state index contributed by atoms with van der Waals surface area (Å²) >= 11 is 1.87. The fraction of sp³-hybridized carbons (Fsp3) is 0.630. The average Bonchev–Trinajstić information content (AvgIpc) is 3.06. The molecule has 0 radical (unpaired) electrons. The quantitative estimate of drug-likeness (QED) is 0.667. The van der Waals surface area contributed by atoms with Crippen LogP contribution in [0.2, 0.25) is 0 Å². The zero-order valence-corrected chi connectivity index (χ0v) is 21.2. The zero-order valence-electron chi connectivity index (χ0n) is 20.3. The predicted octanol–water partition coefficient (Wildman–Crippen LogP) is 4.76. The van der Waals surface area contributed by atoms with E-state index in [9.17, 15) is 9.59 Å². The lowest BCUT2D eigenvalue weighted by atomic mass is 9.82. The minimum atomic E-state index is -0.0716. The number of H-pyrrole nitrogens is 1. The van der Waals surface area contributed by atoms with Gasteiger partial charge in [-0.1, -0.05) is 0 Å². The number of hydrogen-bond donors (Lipinski definition) is 1. The van der Waals surface area contributed by atoms with Crippen LogP contribution in [-0.4, -0.2) is 46.4 Å². The Bertz CT molecular complexity index is 1090. The summed E-state index contributed by atoms with van der Waals surface area (Å²) in [5.41, 5.74) is 4.57. The van der Waals surface area contributed by atoms with E-state index in [1.807, 2.05) is 36.2 Å². The summed E-state index contributed by atoms with van der Waals surface area (Å²) in [7, 11) is 0.